The van der Waals surface area contributed by atoms with Crippen molar-refractivity contribution in [2.45, 2.75) is 45.9 Å². The molecule has 0 aliphatic carbocycles. The Morgan fingerprint density at radius 2 is 1.77 bits per heavy atom. The first-order chi connectivity index (χ1) is 10.4. The largest absolute Gasteiger partial charge is 0.444 e. The van der Waals surface area contributed by atoms with Gasteiger partial charge in [-0.3, -0.25) is 0 Å². The summed E-state index contributed by atoms with van der Waals surface area (Å²) < 4.78 is 16.3. The first kappa shape index (κ1) is 18.5. The van der Waals surface area contributed by atoms with Crippen molar-refractivity contribution in [1.29, 1.82) is 0 Å². The van der Waals surface area contributed by atoms with Gasteiger partial charge < -0.3 is 19.5 Å². The van der Waals surface area contributed by atoms with Gasteiger partial charge in [0.1, 0.15) is 5.60 Å². The molecule has 0 saturated carbocycles. The second-order valence-corrected chi connectivity index (χ2v) is 6.00. The van der Waals surface area contributed by atoms with Gasteiger partial charge in [0.2, 0.25) is 0 Å². The molecule has 5 nitrogen and oxygen atoms in total. The summed E-state index contributed by atoms with van der Waals surface area (Å²) in [7, 11) is 0. The number of carbonyl (C=O) groups is 1. The first-order valence-corrected chi connectivity index (χ1v) is 7.59. The van der Waals surface area contributed by atoms with E-state index in [9.17, 15) is 4.79 Å². The maximum atomic E-state index is 11.8. The molecule has 1 atom stereocenters. The molecule has 0 aliphatic heterocycles. The van der Waals surface area contributed by atoms with Gasteiger partial charge in [-0.05, 0) is 33.3 Å². The molecular weight excluding hydrogens is 282 g/mol. The van der Waals surface area contributed by atoms with Crippen LogP contribution in [0.15, 0.2) is 30.3 Å². The van der Waals surface area contributed by atoms with Crippen LogP contribution in [0.2, 0.25) is 0 Å². The predicted molar refractivity (Wildman–Crippen MR) is 85.7 cm³/mol. The smallest absolute Gasteiger partial charge is 0.408 e. The Hall–Kier alpha value is -1.59. The third-order valence-electron chi connectivity index (χ3n) is 2.67. The molecule has 124 valence electrons. The van der Waals surface area contributed by atoms with Crippen molar-refractivity contribution in [1.82, 2.24) is 5.32 Å². The van der Waals surface area contributed by atoms with Gasteiger partial charge in [0, 0.05) is 6.61 Å². The number of rotatable bonds is 8. The Labute approximate surface area is 132 Å². The molecule has 1 N–H and O–H groups in total. The van der Waals surface area contributed by atoms with Crippen molar-refractivity contribution in [2.75, 3.05) is 19.8 Å². The summed E-state index contributed by atoms with van der Waals surface area (Å²) in [6.45, 7) is 9.25. The van der Waals surface area contributed by atoms with Gasteiger partial charge in [-0.2, -0.15) is 0 Å². The summed E-state index contributed by atoms with van der Waals surface area (Å²) in [4.78, 5) is 11.8. The topological polar surface area (TPSA) is 56.8 Å². The van der Waals surface area contributed by atoms with Gasteiger partial charge in [0.15, 0.2) is 0 Å². The Morgan fingerprint density at radius 3 is 2.36 bits per heavy atom. The quantitative estimate of drug-likeness (QED) is 0.801. The monoisotopic (exact) mass is 309 g/mol. The normalized spacial score (nSPS) is 12.7. The Balaban J connectivity index is 2.41. The minimum Gasteiger partial charge on any atom is -0.444 e. The highest BCUT2D eigenvalue weighted by Crippen LogP contribution is 2.07. The van der Waals surface area contributed by atoms with Crippen LogP contribution in [-0.2, 0) is 20.8 Å². The SMILES string of the molecule is CCOCC(COCc1ccccc1)NC(=O)OC(C)(C)C. The van der Waals surface area contributed by atoms with Gasteiger partial charge in [-0.15, -0.1) is 0 Å². The average Bonchev–Trinajstić information content (AvgIpc) is 2.43. The van der Waals surface area contributed by atoms with Gasteiger partial charge in [0.05, 0.1) is 25.9 Å². The van der Waals surface area contributed by atoms with E-state index in [4.69, 9.17) is 14.2 Å². The summed E-state index contributed by atoms with van der Waals surface area (Å²) >= 11 is 0. The molecule has 1 aromatic rings. The lowest BCUT2D eigenvalue weighted by Gasteiger charge is -2.23. The molecule has 1 unspecified atom stereocenters. The maximum Gasteiger partial charge on any atom is 0.408 e. The van der Waals surface area contributed by atoms with Gasteiger partial charge in [-0.1, -0.05) is 30.3 Å². The number of hydrogen-bond acceptors (Lipinski definition) is 4. The van der Waals surface area contributed by atoms with E-state index in [2.05, 4.69) is 5.32 Å². The Morgan fingerprint density at radius 1 is 1.14 bits per heavy atom. The number of amides is 1. The highest BCUT2D eigenvalue weighted by atomic mass is 16.6. The standard InChI is InChI=1S/C17H27NO4/c1-5-20-12-15(18-16(19)22-17(2,3)4)13-21-11-14-9-7-6-8-10-14/h6-10,15H,5,11-13H2,1-4H3,(H,18,19). The number of nitrogens with one attached hydrogen (secondary N) is 1. The van der Waals surface area contributed by atoms with Crippen LogP contribution in [-0.4, -0.2) is 37.6 Å². The number of ether oxygens (including phenoxy) is 3. The number of hydrogen-bond donors (Lipinski definition) is 1. The second kappa shape index (κ2) is 9.43. The van der Waals surface area contributed by atoms with E-state index in [-0.39, 0.29) is 6.04 Å². The van der Waals surface area contributed by atoms with Crippen LogP contribution in [0, 0.1) is 0 Å². The lowest BCUT2D eigenvalue weighted by atomic mass is 10.2. The van der Waals surface area contributed by atoms with Gasteiger partial charge >= 0.3 is 6.09 Å². The lowest BCUT2D eigenvalue weighted by molar-refractivity contribution is 0.0277. The average molecular weight is 309 g/mol. The molecule has 5 heteroatoms. The second-order valence-electron chi connectivity index (χ2n) is 6.00. The third kappa shape index (κ3) is 8.64. The molecule has 0 spiro atoms. The minimum absolute atomic E-state index is 0.237. The fourth-order valence-corrected chi connectivity index (χ4v) is 1.76. The van der Waals surface area contributed by atoms with Crippen LogP contribution >= 0.6 is 0 Å². The fourth-order valence-electron chi connectivity index (χ4n) is 1.76. The highest BCUT2D eigenvalue weighted by Gasteiger charge is 2.19. The van der Waals surface area contributed by atoms with E-state index in [1.807, 2.05) is 58.0 Å². The Bertz CT molecular complexity index is 428. The molecule has 22 heavy (non-hydrogen) atoms. The molecular formula is C17H27NO4. The van der Waals surface area contributed by atoms with Crippen LogP contribution in [0.25, 0.3) is 0 Å². The molecule has 0 aromatic heterocycles. The zero-order chi connectivity index (χ0) is 16.4. The maximum absolute atomic E-state index is 11.8. The van der Waals surface area contributed by atoms with Crippen molar-refractivity contribution in [3.05, 3.63) is 35.9 Å². The van der Waals surface area contributed by atoms with E-state index in [0.29, 0.717) is 26.4 Å². The van der Waals surface area contributed by atoms with Crippen LogP contribution < -0.4 is 5.32 Å². The van der Waals surface area contributed by atoms with E-state index < -0.39 is 11.7 Å². The van der Waals surface area contributed by atoms with E-state index in [1.165, 1.54) is 0 Å². The molecule has 0 fully saturated rings. The molecule has 0 heterocycles. The lowest BCUT2D eigenvalue weighted by Crippen LogP contribution is -2.44. The number of carbonyl (C=O) groups excluding carboxylic acids is 1. The van der Waals surface area contributed by atoms with Crippen molar-refractivity contribution in [2.24, 2.45) is 0 Å². The fraction of sp³-hybridized carbons (Fsp3) is 0.588. The van der Waals surface area contributed by atoms with Crippen LogP contribution in [0.5, 0.6) is 0 Å². The molecule has 1 aromatic carbocycles. The zero-order valence-electron chi connectivity index (χ0n) is 13.9. The highest BCUT2D eigenvalue weighted by molar-refractivity contribution is 5.68. The van der Waals surface area contributed by atoms with Gasteiger partial charge in [-0.25, -0.2) is 4.79 Å². The molecule has 0 aliphatic rings. The van der Waals surface area contributed by atoms with E-state index in [0.717, 1.165) is 5.56 Å². The van der Waals surface area contributed by atoms with Crippen LogP contribution in [0.4, 0.5) is 4.79 Å². The third-order valence-corrected chi connectivity index (χ3v) is 2.67. The molecule has 0 bridgehead atoms. The zero-order valence-corrected chi connectivity index (χ0v) is 13.9. The van der Waals surface area contributed by atoms with Crippen molar-refractivity contribution < 1.29 is 19.0 Å². The molecule has 0 saturated heterocycles. The predicted octanol–water partition coefficient (Wildman–Crippen LogP) is 3.13. The van der Waals surface area contributed by atoms with Crippen molar-refractivity contribution >= 4 is 6.09 Å². The number of alkyl carbamates (subject to hydrolysis) is 1. The summed E-state index contributed by atoms with van der Waals surface area (Å²) in [6.07, 6.45) is -0.458. The van der Waals surface area contributed by atoms with Crippen molar-refractivity contribution in [3.8, 4) is 0 Å². The number of benzene rings is 1. The van der Waals surface area contributed by atoms with Crippen LogP contribution in [0.3, 0.4) is 0 Å². The van der Waals surface area contributed by atoms with Crippen LogP contribution in [0.1, 0.15) is 33.3 Å². The summed E-state index contributed by atoms with van der Waals surface area (Å²) in [6, 6.07) is 9.66. The molecule has 1 amide bonds. The van der Waals surface area contributed by atoms with Crippen molar-refractivity contribution in [3.63, 3.8) is 0 Å². The van der Waals surface area contributed by atoms with E-state index in [1.54, 1.807) is 0 Å². The summed E-state index contributed by atoms with van der Waals surface area (Å²) in [5.41, 5.74) is 0.570. The molecule has 1 rings (SSSR count). The van der Waals surface area contributed by atoms with E-state index >= 15 is 0 Å². The Kier molecular flexibility index (Phi) is 7.91. The molecule has 0 radical (unpaired) electrons. The summed E-state index contributed by atoms with van der Waals surface area (Å²) in [5, 5.41) is 2.78. The summed E-state index contributed by atoms with van der Waals surface area (Å²) in [5.74, 6) is 0. The first-order valence-electron chi connectivity index (χ1n) is 7.59. The minimum atomic E-state index is -0.523. The van der Waals surface area contributed by atoms with Gasteiger partial charge in [0.25, 0.3) is 0 Å².